The van der Waals surface area contributed by atoms with E-state index in [1.165, 1.54) is 0 Å². The van der Waals surface area contributed by atoms with Gasteiger partial charge in [-0.25, -0.2) is 0 Å². The summed E-state index contributed by atoms with van der Waals surface area (Å²) in [5, 5.41) is 0.0135. The van der Waals surface area contributed by atoms with Gasteiger partial charge in [0.1, 0.15) is 0 Å². The molecular formula is C6H15Cl2NSi. The Bertz CT molecular complexity index is 117. The molecular weight excluding hydrogens is 185 g/mol. The summed E-state index contributed by atoms with van der Waals surface area (Å²) in [6, 6.07) is 0. The summed E-state index contributed by atoms with van der Waals surface area (Å²) < 4.78 is 1.94. The molecule has 0 saturated heterocycles. The molecule has 0 unspecified atom stereocenters. The molecule has 0 spiro atoms. The molecule has 0 aromatic carbocycles. The van der Waals surface area contributed by atoms with Gasteiger partial charge in [0.15, 0.2) is 0 Å². The molecule has 0 rings (SSSR count). The van der Waals surface area contributed by atoms with Crippen LogP contribution >= 0.6 is 22.2 Å². The SMILES string of the molecule is CN(C)[Si](Cl)(Cl)C(C)(C)C. The second-order valence-electron chi connectivity index (χ2n) is 3.69. The van der Waals surface area contributed by atoms with E-state index in [1.807, 2.05) is 18.7 Å². The van der Waals surface area contributed by atoms with Crippen LogP contribution in [0.1, 0.15) is 20.8 Å². The molecule has 10 heavy (non-hydrogen) atoms. The van der Waals surface area contributed by atoms with Crippen LogP contribution in [-0.2, 0) is 0 Å². The van der Waals surface area contributed by atoms with Crippen LogP contribution in [0.4, 0.5) is 0 Å². The minimum atomic E-state index is -2.20. The van der Waals surface area contributed by atoms with Crippen molar-refractivity contribution in [1.82, 2.24) is 4.57 Å². The maximum absolute atomic E-state index is 6.18. The lowest BCUT2D eigenvalue weighted by atomic mass is 10.3. The van der Waals surface area contributed by atoms with E-state index in [0.717, 1.165) is 0 Å². The smallest absolute Gasteiger partial charge is 0.305 e. The summed E-state index contributed by atoms with van der Waals surface area (Å²) in [6.07, 6.45) is 0. The van der Waals surface area contributed by atoms with Gasteiger partial charge in [-0.1, -0.05) is 20.8 Å². The topological polar surface area (TPSA) is 3.24 Å². The van der Waals surface area contributed by atoms with Gasteiger partial charge in [-0.15, -0.1) is 22.2 Å². The van der Waals surface area contributed by atoms with Gasteiger partial charge >= 0.3 is 6.86 Å². The molecule has 0 fully saturated rings. The Morgan fingerprint density at radius 3 is 1.40 bits per heavy atom. The quantitative estimate of drug-likeness (QED) is 0.464. The van der Waals surface area contributed by atoms with Crippen molar-refractivity contribution in [3.63, 3.8) is 0 Å². The predicted molar refractivity (Wildman–Crippen MR) is 50.9 cm³/mol. The summed E-state index contributed by atoms with van der Waals surface area (Å²) in [5.41, 5.74) is 0. The first-order valence-corrected chi connectivity index (χ1v) is 7.22. The molecule has 0 aliphatic carbocycles. The minimum Gasteiger partial charge on any atom is -0.305 e. The van der Waals surface area contributed by atoms with E-state index in [0.29, 0.717) is 0 Å². The van der Waals surface area contributed by atoms with Crippen molar-refractivity contribution in [3.05, 3.63) is 0 Å². The molecule has 0 bridgehead atoms. The Balaban J connectivity index is 4.40. The zero-order chi connectivity index (χ0) is 8.58. The van der Waals surface area contributed by atoms with Crippen LogP contribution in [0.3, 0.4) is 0 Å². The van der Waals surface area contributed by atoms with E-state index in [9.17, 15) is 0 Å². The molecule has 0 aliphatic rings. The van der Waals surface area contributed by atoms with Crippen LogP contribution in [-0.4, -0.2) is 25.5 Å². The lowest BCUT2D eigenvalue weighted by molar-refractivity contribution is 0.583. The van der Waals surface area contributed by atoms with Crippen molar-refractivity contribution < 1.29 is 0 Å². The minimum absolute atomic E-state index is 0.0135. The van der Waals surface area contributed by atoms with E-state index in [1.54, 1.807) is 0 Å². The fourth-order valence-electron chi connectivity index (χ4n) is 0.671. The van der Waals surface area contributed by atoms with E-state index >= 15 is 0 Å². The monoisotopic (exact) mass is 199 g/mol. The highest BCUT2D eigenvalue weighted by Gasteiger charge is 2.44. The average Bonchev–Trinajstić information content (AvgIpc) is 1.62. The van der Waals surface area contributed by atoms with Crippen LogP contribution in [0, 0.1) is 0 Å². The van der Waals surface area contributed by atoms with Gasteiger partial charge in [-0.3, -0.25) is 0 Å². The largest absolute Gasteiger partial charge is 0.329 e. The first-order valence-electron chi connectivity index (χ1n) is 3.25. The lowest BCUT2D eigenvalue weighted by Gasteiger charge is -2.36. The van der Waals surface area contributed by atoms with E-state index in [-0.39, 0.29) is 5.04 Å². The number of rotatable bonds is 1. The first-order chi connectivity index (χ1) is 4.19. The molecule has 0 heterocycles. The Kier molecular flexibility index (Phi) is 3.24. The Morgan fingerprint density at radius 1 is 1.10 bits per heavy atom. The molecule has 4 heteroatoms. The van der Waals surface area contributed by atoms with Gasteiger partial charge in [0.05, 0.1) is 0 Å². The van der Waals surface area contributed by atoms with Crippen molar-refractivity contribution >= 4 is 29.0 Å². The summed E-state index contributed by atoms with van der Waals surface area (Å²) >= 11 is 12.4. The van der Waals surface area contributed by atoms with Gasteiger partial charge in [-0.05, 0) is 19.1 Å². The normalized spacial score (nSPS) is 14.4. The predicted octanol–water partition coefficient (Wildman–Crippen LogP) is 2.76. The maximum Gasteiger partial charge on any atom is 0.329 e. The van der Waals surface area contributed by atoms with Gasteiger partial charge < -0.3 is 4.57 Å². The molecule has 0 N–H and O–H groups in total. The molecule has 0 aromatic heterocycles. The Morgan fingerprint density at radius 2 is 1.40 bits per heavy atom. The summed E-state index contributed by atoms with van der Waals surface area (Å²) in [6.45, 7) is 4.00. The third kappa shape index (κ3) is 2.12. The maximum atomic E-state index is 6.18. The van der Waals surface area contributed by atoms with Crippen molar-refractivity contribution in [2.75, 3.05) is 14.1 Å². The van der Waals surface area contributed by atoms with E-state index < -0.39 is 6.86 Å². The van der Waals surface area contributed by atoms with E-state index in [2.05, 4.69) is 20.8 Å². The van der Waals surface area contributed by atoms with Crippen LogP contribution in [0.5, 0.6) is 0 Å². The molecule has 0 radical (unpaired) electrons. The van der Waals surface area contributed by atoms with Gasteiger partial charge in [-0.2, -0.15) is 0 Å². The van der Waals surface area contributed by atoms with Crippen LogP contribution in [0.15, 0.2) is 0 Å². The number of nitrogens with zero attached hydrogens (tertiary/aromatic N) is 1. The number of hydrogen-bond acceptors (Lipinski definition) is 1. The van der Waals surface area contributed by atoms with Gasteiger partial charge in [0.25, 0.3) is 0 Å². The Labute approximate surface area is 73.8 Å². The second kappa shape index (κ2) is 3.01. The van der Waals surface area contributed by atoms with Crippen molar-refractivity contribution in [3.8, 4) is 0 Å². The molecule has 0 atom stereocenters. The van der Waals surface area contributed by atoms with E-state index in [4.69, 9.17) is 22.2 Å². The molecule has 62 valence electrons. The number of hydrogen-bond donors (Lipinski definition) is 0. The first kappa shape index (κ1) is 10.8. The van der Waals surface area contributed by atoms with Crippen LogP contribution in [0.25, 0.3) is 0 Å². The zero-order valence-corrected chi connectivity index (χ0v) is 9.72. The lowest BCUT2D eigenvalue weighted by Crippen LogP contribution is -2.46. The van der Waals surface area contributed by atoms with Crippen molar-refractivity contribution in [1.29, 1.82) is 0 Å². The summed E-state index contributed by atoms with van der Waals surface area (Å²) in [4.78, 5) is 0. The van der Waals surface area contributed by atoms with Crippen LogP contribution < -0.4 is 0 Å². The van der Waals surface area contributed by atoms with Crippen molar-refractivity contribution in [2.45, 2.75) is 25.8 Å². The summed E-state index contributed by atoms with van der Waals surface area (Å²) in [7, 11) is 3.86. The zero-order valence-electron chi connectivity index (χ0n) is 7.20. The fraction of sp³-hybridized carbons (Fsp3) is 1.00. The third-order valence-electron chi connectivity index (χ3n) is 1.46. The summed E-state index contributed by atoms with van der Waals surface area (Å²) in [5.74, 6) is 0. The molecule has 0 amide bonds. The van der Waals surface area contributed by atoms with Gasteiger partial charge in [0, 0.05) is 0 Å². The molecule has 0 aromatic rings. The number of halogens is 2. The van der Waals surface area contributed by atoms with Crippen LogP contribution in [0.2, 0.25) is 5.04 Å². The fourth-order valence-corrected chi connectivity index (χ4v) is 2.01. The van der Waals surface area contributed by atoms with Crippen molar-refractivity contribution in [2.24, 2.45) is 0 Å². The highest BCUT2D eigenvalue weighted by molar-refractivity contribution is 7.45. The second-order valence-corrected chi connectivity index (χ2v) is 11.0. The van der Waals surface area contributed by atoms with Gasteiger partial charge in [0.2, 0.25) is 0 Å². The standard InChI is InChI=1S/C6H15Cl2NSi/c1-6(2,3)10(7,8)9(4)5/h1-5H3. The molecule has 1 nitrogen and oxygen atoms in total. The molecule has 0 aliphatic heterocycles. The highest BCUT2D eigenvalue weighted by atomic mass is 35.7. The highest BCUT2D eigenvalue weighted by Crippen LogP contribution is 2.42. The average molecular weight is 200 g/mol. The third-order valence-corrected chi connectivity index (χ3v) is 9.82. The molecule has 0 saturated carbocycles. The Hall–Kier alpha value is 0.757.